The van der Waals surface area contributed by atoms with Crippen molar-refractivity contribution >= 4 is 17.3 Å². The Morgan fingerprint density at radius 1 is 1.38 bits per heavy atom. The number of nitrogens with one attached hydrogen (secondary N) is 1. The Kier molecular flexibility index (Phi) is 5.77. The summed E-state index contributed by atoms with van der Waals surface area (Å²) < 4.78 is 57.9. The SMILES string of the molecule is COC(=O)c1cc(NCCOCC(F)(F)F)c(F)cc1N. The Morgan fingerprint density at radius 2 is 2.05 bits per heavy atom. The zero-order chi connectivity index (χ0) is 16.0. The highest BCUT2D eigenvalue weighted by Gasteiger charge is 2.27. The number of esters is 1. The van der Waals surface area contributed by atoms with E-state index in [4.69, 9.17) is 5.73 Å². The number of hydrogen-bond acceptors (Lipinski definition) is 5. The van der Waals surface area contributed by atoms with Gasteiger partial charge in [0.2, 0.25) is 0 Å². The summed E-state index contributed by atoms with van der Waals surface area (Å²) in [4.78, 5) is 11.4. The molecular weight excluding hydrogens is 296 g/mol. The van der Waals surface area contributed by atoms with Crippen molar-refractivity contribution in [2.45, 2.75) is 6.18 Å². The molecular formula is C12H14F4N2O3. The number of methoxy groups -OCH3 is 1. The van der Waals surface area contributed by atoms with Crippen LogP contribution in [0.2, 0.25) is 0 Å². The van der Waals surface area contributed by atoms with Crippen molar-refractivity contribution in [3.05, 3.63) is 23.5 Å². The molecule has 1 aromatic carbocycles. The van der Waals surface area contributed by atoms with Crippen molar-refractivity contribution in [3.8, 4) is 0 Å². The maximum Gasteiger partial charge on any atom is 0.411 e. The van der Waals surface area contributed by atoms with E-state index >= 15 is 0 Å². The van der Waals surface area contributed by atoms with Crippen LogP contribution in [-0.2, 0) is 9.47 Å². The third-order valence-electron chi connectivity index (χ3n) is 2.37. The van der Waals surface area contributed by atoms with Crippen LogP contribution in [0.1, 0.15) is 10.4 Å². The molecule has 0 heterocycles. The molecule has 0 spiro atoms. The number of anilines is 2. The molecule has 3 N–H and O–H groups in total. The highest BCUT2D eigenvalue weighted by atomic mass is 19.4. The number of halogens is 4. The van der Waals surface area contributed by atoms with Gasteiger partial charge in [0.15, 0.2) is 0 Å². The van der Waals surface area contributed by atoms with E-state index in [2.05, 4.69) is 14.8 Å². The van der Waals surface area contributed by atoms with Gasteiger partial charge in [-0.1, -0.05) is 0 Å². The molecule has 0 aliphatic rings. The first-order chi connectivity index (χ1) is 9.74. The van der Waals surface area contributed by atoms with Crippen molar-refractivity contribution in [1.82, 2.24) is 0 Å². The molecule has 1 rings (SSSR count). The molecule has 0 aromatic heterocycles. The van der Waals surface area contributed by atoms with Crippen LogP contribution in [0.4, 0.5) is 28.9 Å². The van der Waals surface area contributed by atoms with Crippen molar-refractivity contribution < 1.29 is 31.8 Å². The van der Waals surface area contributed by atoms with E-state index in [-0.39, 0.29) is 30.1 Å². The molecule has 0 aliphatic carbocycles. The molecule has 0 aliphatic heterocycles. The Balaban J connectivity index is 2.61. The predicted octanol–water partition coefficient (Wildman–Crippen LogP) is 2.19. The topological polar surface area (TPSA) is 73.6 Å². The standard InChI is InChI=1S/C12H14F4N2O3/c1-20-11(19)7-4-10(8(13)5-9(7)17)18-2-3-21-6-12(14,15)16/h4-5,18H,2-3,6,17H2,1H3. The second-order valence-electron chi connectivity index (χ2n) is 4.01. The summed E-state index contributed by atoms with van der Waals surface area (Å²) >= 11 is 0. The van der Waals surface area contributed by atoms with Gasteiger partial charge in [-0.15, -0.1) is 0 Å². The molecule has 0 radical (unpaired) electrons. The molecule has 0 saturated heterocycles. The summed E-state index contributed by atoms with van der Waals surface area (Å²) in [5, 5.41) is 2.52. The number of nitrogen functional groups attached to an aromatic ring is 1. The van der Waals surface area contributed by atoms with E-state index in [1.54, 1.807) is 0 Å². The molecule has 9 heteroatoms. The molecule has 0 atom stereocenters. The minimum absolute atomic E-state index is 0.0439. The van der Waals surface area contributed by atoms with Crippen molar-refractivity contribution in [1.29, 1.82) is 0 Å². The van der Waals surface area contributed by atoms with E-state index in [1.165, 1.54) is 0 Å². The first-order valence-corrected chi connectivity index (χ1v) is 5.80. The van der Waals surface area contributed by atoms with Gasteiger partial charge in [-0.25, -0.2) is 9.18 Å². The van der Waals surface area contributed by atoms with Crippen LogP contribution >= 0.6 is 0 Å². The Bertz CT molecular complexity index is 506. The quantitative estimate of drug-likeness (QED) is 0.365. The third-order valence-corrected chi connectivity index (χ3v) is 2.37. The maximum absolute atomic E-state index is 13.6. The zero-order valence-corrected chi connectivity index (χ0v) is 11.1. The number of alkyl halides is 3. The summed E-state index contributed by atoms with van der Waals surface area (Å²) in [7, 11) is 1.14. The minimum atomic E-state index is -4.41. The second-order valence-corrected chi connectivity index (χ2v) is 4.01. The van der Waals surface area contributed by atoms with Gasteiger partial charge in [0.05, 0.1) is 25.0 Å². The fourth-order valence-corrected chi connectivity index (χ4v) is 1.46. The van der Waals surface area contributed by atoms with Crippen LogP contribution in [-0.4, -0.2) is 39.0 Å². The lowest BCUT2D eigenvalue weighted by atomic mass is 10.1. The normalized spacial score (nSPS) is 11.3. The van der Waals surface area contributed by atoms with E-state index in [0.717, 1.165) is 19.2 Å². The van der Waals surface area contributed by atoms with Gasteiger partial charge in [0, 0.05) is 12.2 Å². The minimum Gasteiger partial charge on any atom is -0.465 e. The van der Waals surface area contributed by atoms with Gasteiger partial charge >= 0.3 is 12.1 Å². The van der Waals surface area contributed by atoms with Crippen LogP contribution in [0, 0.1) is 5.82 Å². The van der Waals surface area contributed by atoms with E-state index in [1.807, 2.05) is 0 Å². The zero-order valence-electron chi connectivity index (χ0n) is 11.1. The van der Waals surface area contributed by atoms with E-state index < -0.39 is 24.6 Å². The van der Waals surface area contributed by atoms with Crippen LogP contribution in [0.15, 0.2) is 12.1 Å². The van der Waals surface area contributed by atoms with Crippen LogP contribution in [0.5, 0.6) is 0 Å². The number of hydrogen-bond donors (Lipinski definition) is 2. The highest BCUT2D eigenvalue weighted by Crippen LogP contribution is 2.22. The van der Waals surface area contributed by atoms with Gasteiger partial charge in [0.25, 0.3) is 0 Å². The summed E-state index contributed by atoms with van der Waals surface area (Å²) in [5.41, 5.74) is 5.25. The van der Waals surface area contributed by atoms with E-state index in [9.17, 15) is 22.4 Å². The smallest absolute Gasteiger partial charge is 0.411 e. The average molecular weight is 310 g/mol. The molecule has 1 aromatic rings. The maximum atomic E-state index is 13.6. The summed E-state index contributed by atoms with van der Waals surface area (Å²) in [6, 6.07) is 2.05. The van der Waals surface area contributed by atoms with Crippen molar-refractivity contribution in [3.63, 3.8) is 0 Å². The van der Waals surface area contributed by atoms with Crippen molar-refractivity contribution in [2.24, 2.45) is 0 Å². The summed E-state index contributed by atoms with van der Waals surface area (Å²) in [6.07, 6.45) is -4.41. The fraction of sp³-hybridized carbons (Fsp3) is 0.417. The summed E-state index contributed by atoms with van der Waals surface area (Å²) in [5.74, 6) is -1.49. The number of carbonyl (C=O) groups is 1. The second kappa shape index (κ2) is 7.11. The first kappa shape index (κ1) is 17.0. The Labute approximate surface area is 118 Å². The van der Waals surface area contributed by atoms with Crippen LogP contribution in [0.3, 0.4) is 0 Å². The number of carbonyl (C=O) groups excluding carboxylic acids is 1. The van der Waals surface area contributed by atoms with Gasteiger partial charge in [-0.3, -0.25) is 0 Å². The Morgan fingerprint density at radius 3 is 2.62 bits per heavy atom. The fourth-order valence-electron chi connectivity index (χ4n) is 1.46. The molecule has 0 saturated carbocycles. The van der Waals surface area contributed by atoms with E-state index in [0.29, 0.717) is 0 Å². The predicted molar refractivity (Wildman–Crippen MR) is 67.5 cm³/mol. The molecule has 21 heavy (non-hydrogen) atoms. The average Bonchev–Trinajstić information content (AvgIpc) is 2.38. The van der Waals surface area contributed by atoms with Crippen LogP contribution in [0.25, 0.3) is 0 Å². The molecule has 0 amide bonds. The lowest BCUT2D eigenvalue weighted by Gasteiger charge is -2.12. The van der Waals surface area contributed by atoms with Gasteiger partial charge in [-0.05, 0) is 12.1 Å². The molecule has 0 bridgehead atoms. The lowest BCUT2D eigenvalue weighted by molar-refractivity contribution is -0.172. The number of benzene rings is 1. The third kappa shape index (κ3) is 5.46. The molecule has 0 fully saturated rings. The first-order valence-electron chi connectivity index (χ1n) is 5.80. The number of ether oxygens (including phenoxy) is 2. The van der Waals surface area contributed by atoms with Gasteiger partial charge < -0.3 is 20.5 Å². The van der Waals surface area contributed by atoms with Gasteiger partial charge in [-0.2, -0.15) is 13.2 Å². The largest absolute Gasteiger partial charge is 0.465 e. The number of nitrogens with two attached hydrogens (primary N) is 1. The van der Waals surface area contributed by atoms with Crippen LogP contribution < -0.4 is 11.1 Å². The highest BCUT2D eigenvalue weighted by molar-refractivity contribution is 5.96. The molecule has 5 nitrogen and oxygen atoms in total. The summed E-state index contributed by atoms with van der Waals surface area (Å²) in [6.45, 7) is -1.74. The Hall–Kier alpha value is -2.03. The lowest BCUT2D eigenvalue weighted by Crippen LogP contribution is -2.20. The molecule has 118 valence electrons. The van der Waals surface area contributed by atoms with Gasteiger partial charge in [0.1, 0.15) is 12.4 Å². The van der Waals surface area contributed by atoms with Crippen molar-refractivity contribution in [2.75, 3.05) is 37.9 Å². The number of rotatable bonds is 6. The molecule has 0 unspecified atom stereocenters. The monoisotopic (exact) mass is 310 g/mol.